The molecule has 2 aromatic carbocycles. The van der Waals surface area contributed by atoms with Crippen LogP contribution in [0.3, 0.4) is 0 Å². The summed E-state index contributed by atoms with van der Waals surface area (Å²) in [6.07, 6.45) is 0.975. The highest BCUT2D eigenvalue weighted by molar-refractivity contribution is 9.10. The van der Waals surface area contributed by atoms with Crippen molar-refractivity contribution < 1.29 is 18.0 Å². The molecular weight excluding hydrogens is 446 g/mol. The van der Waals surface area contributed by atoms with Gasteiger partial charge in [0, 0.05) is 15.7 Å². The molecule has 0 aliphatic heterocycles. The van der Waals surface area contributed by atoms with E-state index in [1.807, 2.05) is 0 Å². The number of hydrogen-bond donors (Lipinski definition) is 3. The minimum atomic E-state index is -3.54. The summed E-state index contributed by atoms with van der Waals surface area (Å²) in [5.74, 6) is -0.937. The molecule has 0 bridgehead atoms. The molecule has 138 valence electrons. The lowest BCUT2D eigenvalue weighted by Crippen LogP contribution is -2.32. The number of amides is 2. The number of hydrogen-bond acceptors (Lipinski definition) is 4. The van der Waals surface area contributed by atoms with Crippen molar-refractivity contribution in [3.05, 3.63) is 57.5 Å². The van der Waals surface area contributed by atoms with E-state index >= 15 is 0 Å². The maximum absolute atomic E-state index is 12.2. The zero-order valence-electron chi connectivity index (χ0n) is 13.5. The smallest absolute Gasteiger partial charge is 0.251 e. The summed E-state index contributed by atoms with van der Waals surface area (Å²) in [7, 11) is -3.54. The minimum Gasteiger partial charge on any atom is -0.343 e. The maximum atomic E-state index is 12.2. The molecule has 10 heteroatoms. The quantitative estimate of drug-likeness (QED) is 0.616. The number of sulfonamides is 1. The molecule has 2 rings (SSSR count). The number of benzene rings is 2. The van der Waals surface area contributed by atoms with Crippen LogP contribution in [0, 0.1) is 0 Å². The topological polar surface area (TPSA) is 104 Å². The summed E-state index contributed by atoms with van der Waals surface area (Å²) in [5.41, 5.74) is 0.844. The summed E-state index contributed by atoms with van der Waals surface area (Å²) in [6, 6.07) is 11.1. The zero-order valence-corrected chi connectivity index (χ0v) is 16.7. The van der Waals surface area contributed by atoms with E-state index < -0.39 is 21.8 Å². The van der Waals surface area contributed by atoms with Gasteiger partial charge in [-0.1, -0.05) is 27.5 Å². The van der Waals surface area contributed by atoms with Gasteiger partial charge >= 0.3 is 0 Å². The van der Waals surface area contributed by atoms with Crippen molar-refractivity contribution in [2.75, 3.05) is 22.8 Å². The molecule has 3 N–H and O–H groups in total. The van der Waals surface area contributed by atoms with Gasteiger partial charge in [0.15, 0.2) is 0 Å². The fourth-order valence-corrected chi connectivity index (χ4v) is 3.00. The van der Waals surface area contributed by atoms with Crippen LogP contribution in [-0.2, 0) is 14.8 Å². The Balaban J connectivity index is 1.98. The van der Waals surface area contributed by atoms with Crippen molar-refractivity contribution >= 4 is 60.7 Å². The van der Waals surface area contributed by atoms with Crippen molar-refractivity contribution in [1.82, 2.24) is 5.32 Å². The Kier molecular flexibility index (Phi) is 6.63. The van der Waals surface area contributed by atoms with Crippen molar-refractivity contribution in [1.29, 1.82) is 0 Å². The Labute approximate surface area is 164 Å². The minimum absolute atomic E-state index is 0.0844. The molecule has 26 heavy (non-hydrogen) atoms. The van der Waals surface area contributed by atoms with Crippen molar-refractivity contribution in [3.8, 4) is 0 Å². The predicted octanol–water partition coefficient (Wildman–Crippen LogP) is 2.84. The Hall–Kier alpha value is -2.10. The third-order valence-corrected chi connectivity index (χ3v) is 4.51. The summed E-state index contributed by atoms with van der Waals surface area (Å²) < 4.78 is 25.7. The molecule has 0 saturated carbocycles. The Morgan fingerprint density at radius 3 is 2.38 bits per heavy atom. The predicted molar refractivity (Wildman–Crippen MR) is 105 cm³/mol. The van der Waals surface area contributed by atoms with Gasteiger partial charge in [-0.15, -0.1) is 0 Å². The molecule has 0 spiro atoms. The number of carbonyl (C=O) groups is 2. The highest BCUT2D eigenvalue weighted by Crippen LogP contribution is 2.23. The molecule has 0 aliphatic carbocycles. The molecule has 7 nitrogen and oxygen atoms in total. The highest BCUT2D eigenvalue weighted by Gasteiger charge is 2.13. The first-order chi connectivity index (χ1) is 12.1. The molecule has 0 heterocycles. The zero-order chi connectivity index (χ0) is 19.3. The van der Waals surface area contributed by atoms with Crippen molar-refractivity contribution in [3.63, 3.8) is 0 Å². The Bertz CT molecular complexity index is 933. The van der Waals surface area contributed by atoms with Gasteiger partial charge in [-0.3, -0.25) is 14.3 Å². The van der Waals surface area contributed by atoms with Crippen LogP contribution in [-0.4, -0.2) is 33.0 Å². The van der Waals surface area contributed by atoms with E-state index in [0.717, 1.165) is 10.7 Å². The van der Waals surface area contributed by atoms with E-state index in [0.29, 0.717) is 5.69 Å². The molecule has 0 radical (unpaired) electrons. The molecule has 0 unspecified atom stereocenters. The molecule has 2 aromatic rings. The van der Waals surface area contributed by atoms with E-state index in [2.05, 4.69) is 31.3 Å². The number of halogens is 2. The van der Waals surface area contributed by atoms with Crippen LogP contribution in [0.4, 0.5) is 11.4 Å². The third-order valence-electron chi connectivity index (χ3n) is 3.06. The SMILES string of the molecule is CS(=O)(=O)Nc1cc(C(=O)NCC(=O)Nc2ccc(Br)cc2)ccc1Cl. The second-order valence-corrected chi connectivity index (χ2v) is 8.38. The van der Waals surface area contributed by atoms with Crippen molar-refractivity contribution in [2.24, 2.45) is 0 Å². The monoisotopic (exact) mass is 459 g/mol. The number of anilines is 2. The fraction of sp³-hybridized carbons (Fsp3) is 0.125. The maximum Gasteiger partial charge on any atom is 0.251 e. The number of nitrogens with one attached hydrogen (secondary N) is 3. The van der Waals surface area contributed by atoms with Gasteiger partial charge < -0.3 is 10.6 Å². The van der Waals surface area contributed by atoms with Crippen LogP contribution in [0.1, 0.15) is 10.4 Å². The molecule has 0 fully saturated rings. The van der Waals surface area contributed by atoms with Crippen LogP contribution in [0.15, 0.2) is 46.9 Å². The summed E-state index contributed by atoms with van der Waals surface area (Å²) in [5, 5.41) is 5.25. The van der Waals surface area contributed by atoms with E-state index in [-0.39, 0.29) is 22.8 Å². The molecule has 0 saturated heterocycles. The van der Waals surface area contributed by atoms with Gasteiger partial charge in [-0.2, -0.15) is 0 Å². The molecule has 0 aliphatic rings. The summed E-state index contributed by atoms with van der Waals surface area (Å²) in [6.45, 7) is -0.244. The normalized spacial score (nSPS) is 10.9. The lowest BCUT2D eigenvalue weighted by Gasteiger charge is -2.10. The van der Waals surface area contributed by atoms with Gasteiger partial charge in [0.1, 0.15) is 0 Å². The lowest BCUT2D eigenvalue weighted by molar-refractivity contribution is -0.115. The van der Waals surface area contributed by atoms with Crippen LogP contribution in [0.2, 0.25) is 5.02 Å². The first-order valence-electron chi connectivity index (χ1n) is 7.25. The summed E-state index contributed by atoms with van der Waals surface area (Å²) in [4.78, 5) is 24.0. The van der Waals surface area contributed by atoms with Crippen LogP contribution >= 0.6 is 27.5 Å². The Morgan fingerprint density at radius 1 is 1.12 bits per heavy atom. The van der Waals surface area contributed by atoms with Gasteiger partial charge in [-0.05, 0) is 42.5 Å². The summed E-state index contributed by atoms with van der Waals surface area (Å²) >= 11 is 9.20. The number of rotatable bonds is 6. The Morgan fingerprint density at radius 2 is 1.77 bits per heavy atom. The average Bonchev–Trinajstić information content (AvgIpc) is 2.55. The third kappa shape index (κ3) is 6.32. The second-order valence-electron chi connectivity index (χ2n) is 5.31. The van der Waals surface area contributed by atoms with Crippen LogP contribution < -0.4 is 15.4 Å². The molecular formula is C16H15BrClN3O4S. The van der Waals surface area contributed by atoms with Crippen LogP contribution in [0.25, 0.3) is 0 Å². The largest absolute Gasteiger partial charge is 0.343 e. The molecule has 2 amide bonds. The van der Waals surface area contributed by atoms with Gasteiger partial charge in [0.05, 0.1) is 23.5 Å². The van der Waals surface area contributed by atoms with Gasteiger partial charge in [0.2, 0.25) is 15.9 Å². The molecule has 0 aromatic heterocycles. The first-order valence-corrected chi connectivity index (χ1v) is 10.3. The molecule has 0 atom stereocenters. The van der Waals surface area contributed by atoms with Gasteiger partial charge in [0.25, 0.3) is 5.91 Å². The van der Waals surface area contributed by atoms with E-state index in [1.54, 1.807) is 24.3 Å². The number of carbonyl (C=O) groups excluding carboxylic acids is 2. The highest BCUT2D eigenvalue weighted by atomic mass is 79.9. The van der Waals surface area contributed by atoms with Gasteiger partial charge in [-0.25, -0.2) is 8.42 Å². The first kappa shape index (κ1) is 20.2. The average molecular weight is 461 g/mol. The van der Waals surface area contributed by atoms with E-state index in [4.69, 9.17) is 11.6 Å². The van der Waals surface area contributed by atoms with Crippen molar-refractivity contribution in [2.45, 2.75) is 0 Å². The fourth-order valence-electron chi connectivity index (χ4n) is 1.95. The second kappa shape index (κ2) is 8.52. The van der Waals surface area contributed by atoms with E-state index in [9.17, 15) is 18.0 Å². The van der Waals surface area contributed by atoms with Crippen LogP contribution in [0.5, 0.6) is 0 Å². The van der Waals surface area contributed by atoms with E-state index in [1.165, 1.54) is 18.2 Å². The standard InChI is InChI=1S/C16H15BrClN3O4S/c1-26(24,25)21-14-8-10(2-7-13(14)18)16(23)19-9-15(22)20-12-5-3-11(17)4-6-12/h2-8,21H,9H2,1H3,(H,19,23)(H,20,22). The lowest BCUT2D eigenvalue weighted by atomic mass is 10.2.